The molecular formula is C23H22N2O3. The minimum absolute atomic E-state index is 0.0746. The van der Waals surface area contributed by atoms with Gasteiger partial charge < -0.3 is 9.64 Å². The Labute approximate surface area is 164 Å². The van der Waals surface area contributed by atoms with Crippen LogP contribution in [0.25, 0.3) is 10.8 Å². The lowest BCUT2D eigenvalue weighted by Gasteiger charge is -2.29. The molecule has 2 amide bonds. The maximum absolute atomic E-state index is 13.7. The van der Waals surface area contributed by atoms with Crippen molar-refractivity contribution in [2.45, 2.75) is 12.8 Å². The molecule has 0 aliphatic carbocycles. The zero-order chi connectivity index (χ0) is 19.5. The summed E-state index contributed by atoms with van der Waals surface area (Å²) < 4.78 is 5.49. The number of ether oxygens (including phenoxy) is 1. The predicted molar refractivity (Wildman–Crippen MR) is 110 cm³/mol. The fraction of sp³-hybridized carbons (Fsp3) is 0.217. The Kier molecular flexibility index (Phi) is 4.98. The van der Waals surface area contributed by atoms with Gasteiger partial charge in [-0.2, -0.15) is 0 Å². The smallest absolute Gasteiger partial charge is 0.260 e. The second kappa shape index (κ2) is 7.72. The van der Waals surface area contributed by atoms with Crippen LogP contribution >= 0.6 is 0 Å². The van der Waals surface area contributed by atoms with Crippen molar-refractivity contribution in [3.05, 3.63) is 72.3 Å². The molecule has 0 aromatic heterocycles. The standard InChI is InChI=1S/C23H22N2O3/c1-28-21-13-5-4-12-20(21)25(16-24-15-7-14-22(24)26)23(27)19-11-6-9-17-8-2-3-10-18(17)19/h2-6,8-13H,7,14-16H2,1H3. The highest BCUT2D eigenvalue weighted by Gasteiger charge is 2.28. The monoisotopic (exact) mass is 374 g/mol. The number of carbonyl (C=O) groups excluding carboxylic acids is 2. The minimum Gasteiger partial charge on any atom is -0.495 e. The van der Waals surface area contributed by atoms with Crippen molar-refractivity contribution in [3.8, 4) is 5.75 Å². The van der Waals surface area contributed by atoms with Gasteiger partial charge in [0.1, 0.15) is 12.4 Å². The van der Waals surface area contributed by atoms with E-state index < -0.39 is 0 Å². The zero-order valence-electron chi connectivity index (χ0n) is 15.8. The van der Waals surface area contributed by atoms with E-state index >= 15 is 0 Å². The van der Waals surface area contributed by atoms with Crippen LogP contribution in [-0.2, 0) is 4.79 Å². The van der Waals surface area contributed by atoms with E-state index in [-0.39, 0.29) is 18.5 Å². The van der Waals surface area contributed by atoms with Gasteiger partial charge in [-0.3, -0.25) is 14.5 Å². The van der Waals surface area contributed by atoms with Crippen molar-refractivity contribution < 1.29 is 14.3 Å². The van der Waals surface area contributed by atoms with Gasteiger partial charge in [-0.1, -0.05) is 48.5 Å². The highest BCUT2D eigenvalue weighted by Crippen LogP contribution is 2.31. The lowest BCUT2D eigenvalue weighted by atomic mass is 10.0. The van der Waals surface area contributed by atoms with Crippen LogP contribution < -0.4 is 9.64 Å². The van der Waals surface area contributed by atoms with Crippen molar-refractivity contribution >= 4 is 28.3 Å². The molecule has 5 heteroatoms. The maximum Gasteiger partial charge on any atom is 0.260 e. The van der Waals surface area contributed by atoms with Gasteiger partial charge in [-0.15, -0.1) is 0 Å². The number of amides is 2. The summed E-state index contributed by atoms with van der Waals surface area (Å²) in [5.74, 6) is 0.523. The molecule has 0 saturated carbocycles. The molecule has 1 aliphatic rings. The van der Waals surface area contributed by atoms with Gasteiger partial charge in [0.15, 0.2) is 0 Å². The number of hydrogen-bond donors (Lipinski definition) is 0. The molecule has 1 aliphatic heterocycles. The molecule has 0 spiro atoms. The van der Waals surface area contributed by atoms with E-state index in [2.05, 4.69) is 0 Å². The van der Waals surface area contributed by atoms with E-state index in [0.717, 1.165) is 17.2 Å². The third-order valence-electron chi connectivity index (χ3n) is 5.12. The number of likely N-dealkylation sites (tertiary alicyclic amines) is 1. The van der Waals surface area contributed by atoms with E-state index in [0.29, 0.717) is 30.0 Å². The van der Waals surface area contributed by atoms with Gasteiger partial charge in [0.05, 0.1) is 12.8 Å². The lowest BCUT2D eigenvalue weighted by molar-refractivity contribution is -0.127. The largest absolute Gasteiger partial charge is 0.495 e. The Morgan fingerprint density at radius 2 is 1.79 bits per heavy atom. The van der Waals surface area contributed by atoms with Gasteiger partial charge in [-0.05, 0) is 35.4 Å². The van der Waals surface area contributed by atoms with Crippen molar-refractivity contribution in [1.29, 1.82) is 0 Å². The van der Waals surface area contributed by atoms with Crippen molar-refractivity contribution in [1.82, 2.24) is 4.90 Å². The number of hydrogen-bond acceptors (Lipinski definition) is 3. The van der Waals surface area contributed by atoms with E-state index in [1.807, 2.05) is 66.7 Å². The molecule has 5 nitrogen and oxygen atoms in total. The quantitative estimate of drug-likeness (QED) is 0.676. The molecule has 3 aromatic rings. The molecule has 1 saturated heterocycles. The van der Waals surface area contributed by atoms with Crippen LogP contribution in [-0.4, -0.2) is 37.0 Å². The van der Waals surface area contributed by atoms with Gasteiger partial charge in [0.2, 0.25) is 5.91 Å². The number of methoxy groups -OCH3 is 1. The van der Waals surface area contributed by atoms with Crippen molar-refractivity contribution in [2.75, 3.05) is 25.2 Å². The van der Waals surface area contributed by atoms with Crippen LogP contribution in [0.15, 0.2) is 66.7 Å². The Morgan fingerprint density at radius 3 is 2.57 bits per heavy atom. The number of nitrogens with zero attached hydrogens (tertiary/aromatic N) is 2. The van der Waals surface area contributed by atoms with Gasteiger partial charge in [0.25, 0.3) is 5.91 Å². The van der Waals surface area contributed by atoms with Gasteiger partial charge in [-0.25, -0.2) is 0 Å². The maximum atomic E-state index is 13.7. The van der Waals surface area contributed by atoms with E-state index in [1.165, 1.54) is 0 Å². The topological polar surface area (TPSA) is 49.9 Å². The molecule has 0 N–H and O–H groups in total. The van der Waals surface area contributed by atoms with Crippen molar-refractivity contribution in [2.24, 2.45) is 0 Å². The summed E-state index contributed by atoms with van der Waals surface area (Å²) in [6, 6.07) is 20.9. The zero-order valence-corrected chi connectivity index (χ0v) is 15.8. The molecule has 142 valence electrons. The highest BCUT2D eigenvalue weighted by molar-refractivity contribution is 6.14. The lowest BCUT2D eigenvalue weighted by Crippen LogP contribution is -2.42. The summed E-state index contributed by atoms with van der Waals surface area (Å²) in [5.41, 5.74) is 1.26. The van der Waals surface area contributed by atoms with Crippen LogP contribution in [0.5, 0.6) is 5.75 Å². The molecule has 4 rings (SSSR count). The highest BCUT2D eigenvalue weighted by atomic mass is 16.5. The van der Waals surface area contributed by atoms with Crippen LogP contribution in [0.1, 0.15) is 23.2 Å². The third-order valence-corrected chi connectivity index (χ3v) is 5.12. The first-order valence-electron chi connectivity index (χ1n) is 9.39. The summed E-state index contributed by atoms with van der Waals surface area (Å²) in [5, 5.41) is 1.90. The third kappa shape index (κ3) is 3.31. The van der Waals surface area contributed by atoms with Crippen molar-refractivity contribution in [3.63, 3.8) is 0 Å². The summed E-state index contributed by atoms with van der Waals surface area (Å²) >= 11 is 0. The predicted octanol–water partition coefficient (Wildman–Crippen LogP) is 4.08. The number of rotatable bonds is 5. The Balaban J connectivity index is 1.80. The first kappa shape index (κ1) is 18.0. The van der Waals surface area contributed by atoms with Crippen LogP contribution in [0.2, 0.25) is 0 Å². The molecule has 0 radical (unpaired) electrons. The molecular weight excluding hydrogens is 352 g/mol. The molecule has 0 unspecified atom stereocenters. The summed E-state index contributed by atoms with van der Waals surface area (Å²) in [4.78, 5) is 29.3. The molecule has 0 bridgehead atoms. The normalized spacial score (nSPS) is 13.8. The van der Waals surface area contributed by atoms with E-state index in [1.54, 1.807) is 16.9 Å². The fourth-order valence-corrected chi connectivity index (χ4v) is 3.68. The van der Waals surface area contributed by atoms with Crippen LogP contribution in [0.3, 0.4) is 0 Å². The van der Waals surface area contributed by atoms with Crippen LogP contribution in [0, 0.1) is 0 Å². The second-order valence-electron chi connectivity index (χ2n) is 6.83. The SMILES string of the molecule is COc1ccccc1N(CN1CCCC1=O)C(=O)c1cccc2ccccc12. The average molecular weight is 374 g/mol. The fourth-order valence-electron chi connectivity index (χ4n) is 3.68. The second-order valence-corrected chi connectivity index (χ2v) is 6.83. The number of carbonyl (C=O) groups is 2. The first-order chi connectivity index (χ1) is 13.7. The minimum atomic E-state index is -0.152. The molecule has 0 atom stereocenters. The average Bonchev–Trinajstić information content (AvgIpc) is 3.15. The number of benzene rings is 3. The number of para-hydroxylation sites is 2. The summed E-state index contributed by atoms with van der Waals surface area (Å²) in [7, 11) is 1.58. The summed E-state index contributed by atoms with van der Waals surface area (Å²) in [6.45, 7) is 0.870. The van der Waals surface area contributed by atoms with Gasteiger partial charge >= 0.3 is 0 Å². The van der Waals surface area contributed by atoms with E-state index in [4.69, 9.17) is 4.74 Å². The molecule has 3 aromatic carbocycles. The Bertz CT molecular complexity index is 1030. The summed E-state index contributed by atoms with van der Waals surface area (Å²) in [6.07, 6.45) is 1.35. The number of anilines is 1. The first-order valence-corrected chi connectivity index (χ1v) is 9.39. The Morgan fingerprint density at radius 1 is 1.04 bits per heavy atom. The molecule has 1 heterocycles. The molecule has 28 heavy (non-hydrogen) atoms. The van der Waals surface area contributed by atoms with E-state index in [9.17, 15) is 9.59 Å². The van der Waals surface area contributed by atoms with Gasteiger partial charge in [0, 0.05) is 18.5 Å². The molecule has 1 fully saturated rings. The number of fused-ring (bicyclic) bond motifs is 1. The Hall–Kier alpha value is -3.34. The van der Waals surface area contributed by atoms with Crippen LogP contribution in [0.4, 0.5) is 5.69 Å².